The molecule has 0 aliphatic rings. The Labute approximate surface area is 97.2 Å². The van der Waals surface area contributed by atoms with Gasteiger partial charge in [-0.2, -0.15) is 0 Å². The van der Waals surface area contributed by atoms with Crippen LogP contribution in [0.2, 0.25) is 0 Å². The van der Waals surface area contributed by atoms with E-state index in [-0.39, 0.29) is 12.6 Å². The molecule has 0 fully saturated rings. The van der Waals surface area contributed by atoms with Gasteiger partial charge in [-0.3, -0.25) is 0 Å². The van der Waals surface area contributed by atoms with E-state index in [9.17, 15) is 0 Å². The third-order valence-corrected chi connectivity index (χ3v) is 2.98. The normalized spacial score (nSPS) is 14.5. The van der Waals surface area contributed by atoms with Gasteiger partial charge in [-0.05, 0) is 36.5 Å². The summed E-state index contributed by atoms with van der Waals surface area (Å²) in [6.07, 6.45) is 1.62. The SMILES string of the molecule is COc1ccc(C(C)C(N)CCCO)cc1. The molecule has 0 saturated carbocycles. The lowest BCUT2D eigenvalue weighted by Gasteiger charge is -2.20. The third kappa shape index (κ3) is 3.51. The Hall–Kier alpha value is -1.06. The monoisotopic (exact) mass is 223 g/mol. The van der Waals surface area contributed by atoms with Crippen LogP contribution in [0.3, 0.4) is 0 Å². The molecule has 0 aromatic heterocycles. The second-order valence-electron chi connectivity index (χ2n) is 4.09. The highest BCUT2D eigenvalue weighted by Gasteiger charge is 2.14. The zero-order valence-corrected chi connectivity index (χ0v) is 10.0. The second-order valence-corrected chi connectivity index (χ2v) is 4.09. The fraction of sp³-hybridized carbons (Fsp3) is 0.538. The molecule has 0 radical (unpaired) electrons. The van der Waals surface area contributed by atoms with Crippen LogP contribution in [0.5, 0.6) is 5.75 Å². The maximum Gasteiger partial charge on any atom is 0.118 e. The van der Waals surface area contributed by atoms with E-state index in [1.807, 2.05) is 24.3 Å². The van der Waals surface area contributed by atoms with Crippen molar-refractivity contribution in [3.05, 3.63) is 29.8 Å². The third-order valence-electron chi connectivity index (χ3n) is 2.98. The fourth-order valence-corrected chi connectivity index (χ4v) is 1.73. The van der Waals surface area contributed by atoms with Crippen LogP contribution in [-0.2, 0) is 0 Å². The molecule has 3 heteroatoms. The molecule has 1 rings (SSSR count). The molecule has 90 valence electrons. The molecule has 3 nitrogen and oxygen atoms in total. The Balaban J connectivity index is 2.60. The molecule has 0 spiro atoms. The number of aliphatic hydroxyl groups is 1. The number of aliphatic hydroxyl groups excluding tert-OH is 1. The predicted molar refractivity (Wildman–Crippen MR) is 65.7 cm³/mol. The molecule has 0 aliphatic carbocycles. The fourth-order valence-electron chi connectivity index (χ4n) is 1.73. The first-order valence-corrected chi connectivity index (χ1v) is 5.69. The molecule has 1 aromatic rings. The van der Waals surface area contributed by atoms with E-state index >= 15 is 0 Å². The number of ether oxygens (including phenoxy) is 1. The molecule has 16 heavy (non-hydrogen) atoms. The van der Waals surface area contributed by atoms with Crippen molar-refractivity contribution in [1.82, 2.24) is 0 Å². The number of nitrogens with two attached hydrogens (primary N) is 1. The molecule has 0 bridgehead atoms. The highest BCUT2D eigenvalue weighted by Crippen LogP contribution is 2.22. The van der Waals surface area contributed by atoms with Crippen LogP contribution in [-0.4, -0.2) is 24.9 Å². The predicted octanol–water partition coefficient (Wildman–Crippen LogP) is 1.90. The summed E-state index contributed by atoms with van der Waals surface area (Å²) < 4.78 is 5.11. The average Bonchev–Trinajstić information content (AvgIpc) is 2.35. The summed E-state index contributed by atoms with van der Waals surface area (Å²) in [5, 5.41) is 8.76. The maximum atomic E-state index is 8.76. The number of hydrogen-bond acceptors (Lipinski definition) is 3. The highest BCUT2D eigenvalue weighted by atomic mass is 16.5. The van der Waals surface area contributed by atoms with Crippen molar-refractivity contribution in [3.63, 3.8) is 0 Å². The van der Waals surface area contributed by atoms with Gasteiger partial charge < -0.3 is 15.6 Å². The number of benzene rings is 1. The standard InChI is InChI=1S/C13H21NO2/c1-10(13(14)4-3-9-15)11-5-7-12(16-2)8-6-11/h5-8,10,13,15H,3-4,9,14H2,1-2H3. The summed E-state index contributed by atoms with van der Waals surface area (Å²) in [6.45, 7) is 2.33. The maximum absolute atomic E-state index is 8.76. The average molecular weight is 223 g/mol. The number of hydrogen-bond donors (Lipinski definition) is 2. The Morgan fingerprint density at radius 1 is 1.31 bits per heavy atom. The van der Waals surface area contributed by atoms with Gasteiger partial charge in [0.15, 0.2) is 0 Å². The molecule has 0 amide bonds. The van der Waals surface area contributed by atoms with E-state index < -0.39 is 0 Å². The summed E-state index contributed by atoms with van der Waals surface area (Å²) in [5.74, 6) is 1.16. The summed E-state index contributed by atoms with van der Waals surface area (Å²) in [4.78, 5) is 0. The topological polar surface area (TPSA) is 55.5 Å². The first-order chi connectivity index (χ1) is 7.69. The summed E-state index contributed by atoms with van der Waals surface area (Å²) in [7, 11) is 1.66. The van der Waals surface area contributed by atoms with Gasteiger partial charge in [0, 0.05) is 12.6 Å². The van der Waals surface area contributed by atoms with Crippen molar-refractivity contribution in [2.75, 3.05) is 13.7 Å². The summed E-state index contributed by atoms with van der Waals surface area (Å²) >= 11 is 0. The molecule has 0 saturated heterocycles. The van der Waals surface area contributed by atoms with Crippen molar-refractivity contribution in [2.24, 2.45) is 5.73 Å². The molecule has 0 heterocycles. The van der Waals surface area contributed by atoms with E-state index in [0.717, 1.165) is 18.6 Å². The minimum atomic E-state index is 0.0977. The molecule has 1 aromatic carbocycles. The Bertz CT molecular complexity index is 297. The lowest BCUT2D eigenvalue weighted by Crippen LogP contribution is -2.26. The molecular weight excluding hydrogens is 202 g/mol. The molecule has 2 atom stereocenters. The second kappa shape index (κ2) is 6.51. The van der Waals surface area contributed by atoms with Crippen LogP contribution in [0.4, 0.5) is 0 Å². The quantitative estimate of drug-likeness (QED) is 0.774. The lowest BCUT2D eigenvalue weighted by atomic mass is 9.91. The molecule has 3 N–H and O–H groups in total. The van der Waals surface area contributed by atoms with Gasteiger partial charge in [-0.15, -0.1) is 0 Å². The summed E-state index contributed by atoms with van der Waals surface area (Å²) in [5.41, 5.74) is 7.28. The minimum Gasteiger partial charge on any atom is -0.497 e. The van der Waals surface area contributed by atoms with Crippen LogP contribution in [0.15, 0.2) is 24.3 Å². The van der Waals surface area contributed by atoms with Gasteiger partial charge in [0.05, 0.1) is 7.11 Å². The van der Waals surface area contributed by atoms with E-state index in [1.165, 1.54) is 5.56 Å². The largest absolute Gasteiger partial charge is 0.497 e. The minimum absolute atomic E-state index is 0.0977. The van der Waals surface area contributed by atoms with Crippen molar-refractivity contribution in [1.29, 1.82) is 0 Å². The highest BCUT2D eigenvalue weighted by molar-refractivity contribution is 5.29. The first-order valence-electron chi connectivity index (χ1n) is 5.69. The number of rotatable bonds is 6. The number of methoxy groups -OCH3 is 1. The van der Waals surface area contributed by atoms with Crippen LogP contribution in [0, 0.1) is 0 Å². The van der Waals surface area contributed by atoms with Gasteiger partial charge in [0.1, 0.15) is 5.75 Å². The van der Waals surface area contributed by atoms with E-state index in [4.69, 9.17) is 15.6 Å². The van der Waals surface area contributed by atoms with Crippen molar-refractivity contribution in [3.8, 4) is 5.75 Å². The Morgan fingerprint density at radius 2 is 1.94 bits per heavy atom. The van der Waals surface area contributed by atoms with Crippen LogP contribution < -0.4 is 10.5 Å². The zero-order valence-electron chi connectivity index (χ0n) is 10.0. The van der Waals surface area contributed by atoms with Crippen molar-refractivity contribution in [2.45, 2.75) is 31.7 Å². The van der Waals surface area contributed by atoms with Crippen LogP contribution in [0.25, 0.3) is 0 Å². The van der Waals surface area contributed by atoms with Crippen LogP contribution in [0.1, 0.15) is 31.2 Å². The Kier molecular flexibility index (Phi) is 5.29. The molecule has 2 unspecified atom stereocenters. The zero-order chi connectivity index (χ0) is 12.0. The Morgan fingerprint density at radius 3 is 2.44 bits per heavy atom. The molecule has 0 aliphatic heterocycles. The lowest BCUT2D eigenvalue weighted by molar-refractivity contribution is 0.277. The van der Waals surface area contributed by atoms with Gasteiger partial charge in [-0.25, -0.2) is 0 Å². The van der Waals surface area contributed by atoms with E-state index in [1.54, 1.807) is 7.11 Å². The van der Waals surface area contributed by atoms with Gasteiger partial charge in [-0.1, -0.05) is 19.1 Å². The smallest absolute Gasteiger partial charge is 0.118 e. The van der Waals surface area contributed by atoms with E-state index in [0.29, 0.717) is 5.92 Å². The first kappa shape index (κ1) is 13.0. The van der Waals surface area contributed by atoms with Crippen molar-refractivity contribution < 1.29 is 9.84 Å². The summed E-state index contributed by atoms with van der Waals surface area (Å²) in [6, 6.07) is 8.08. The van der Waals surface area contributed by atoms with Crippen LogP contribution >= 0.6 is 0 Å². The van der Waals surface area contributed by atoms with Crippen molar-refractivity contribution >= 4 is 0 Å². The molecular formula is C13H21NO2. The van der Waals surface area contributed by atoms with Gasteiger partial charge >= 0.3 is 0 Å². The van der Waals surface area contributed by atoms with Gasteiger partial charge in [0.2, 0.25) is 0 Å². The van der Waals surface area contributed by atoms with Gasteiger partial charge in [0.25, 0.3) is 0 Å². The van der Waals surface area contributed by atoms with E-state index in [2.05, 4.69) is 6.92 Å².